The number of hydrogen-bond acceptors (Lipinski definition) is 4. The number of nitrogens with one attached hydrogen (secondary N) is 2. The van der Waals surface area contributed by atoms with Gasteiger partial charge in [0, 0.05) is 18.7 Å². The monoisotopic (exact) mass is 535 g/mol. The highest BCUT2D eigenvalue weighted by Crippen LogP contribution is 2.38. The van der Waals surface area contributed by atoms with Crippen molar-refractivity contribution in [1.82, 2.24) is 10.2 Å². The molecular weight excluding hydrogens is 506 g/mol. The molecule has 1 aliphatic heterocycles. The summed E-state index contributed by atoms with van der Waals surface area (Å²) in [4.78, 5) is 40.4. The molecular formula is C32H29N3O3S. The summed E-state index contributed by atoms with van der Waals surface area (Å²) < 4.78 is 0. The summed E-state index contributed by atoms with van der Waals surface area (Å²) in [5.74, 6) is 0.0135. The van der Waals surface area contributed by atoms with Crippen molar-refractivity contribution in [3.05, 3.63) is 137 Å². The van der Waals surface area contributed by atoms with Crippen molar-refractivity contribution in [2.75, 3.05) is 17.6 Å². The van der Waals surface area contributed by atoms with E-state index in [1.165, 1.54) is 5.56 Å². The van der Waals surface area contributed by atoms with Gasteiger partial charge in [-0.2, -0.15) is 0 Å². The Kier molecular flexibility index (Phi) is 8.39. The van der Waals surface area contributed by atoms with Crippen LogP contribution in [0.15, 0.2) is 109 Å². The van der Waals surface area contributed by atoms with E-state index in [9.17, 15) is 14.4 Å². The maximum absolute atomic E-state index is 13.1. The van der Waals surface area contributed by atoms with Crippen LogP contribution in [0.2, 0.25) is 0 Å². The fourth-order valence-electron chi connectivity index (χ4n) is 4.52. The first-order valence-corrected chi connectivity index (χ1v) is 13.9. The van der Waals surface area contributed by atoms with E-state index in [2.05, 4.69) is 22.8 Å². The maximum Gasteiger partial charge on any atom is 0.255 e. The topological polar surface area (TPSA) is 78.5 Å². The second-order valence-corrected chi connectivity index (χ2v) is 10.3. The van der Waals surface area contributed by atoms with Gasteiger partial charge in [0.2, 0.25) is 5.91 Å². The summed E-state index contributed by atoms with van der Waals surface area (Å²) in [5, 5.41) is 5.71. The zero-order valence-corrected chi connectivity index (χ0v) is 22.2. The van der Waals surface area contributed by atoms with Crippen LogP contribution in [-0.2, 0) is 17.8 Å². The van der Waals surface area contributed by atoms with Crippen molar-refractivity contribution in [3.63, 3.8) is 0 Å². The molecule has 39 heavy (non-hydrogen) atoms. The predicted molar refractivity (Wildman–Crippen MR) is 156 cm³/mol. The molecule has 4 aromatic rings. The van der Waals surface area contributed by atoms with Gasteiger partial charge in [-0.3, -0.25) is 14.4 Å². The SMILES string of the molecule is O=C(Nc1ccccc1C(=O)NCc1ccccc1)c1ccc([C@H]2SCC(=O)N2CCc2ccccc2)cc1. The van der Waals surface area contributed by atoms with Crippen LogP contribution < -0.4 is 10.6 Å². The fraction of sp³-hybridized carbons (Fsp3) is 0.156. The van der Waals surface area contributed by atoms with E-state index < -0.39 is 0 Å². The molecule has 0 aliphatic carbocycles. The largest absolute Gasteiger partial charge is 0.348 e. The van der Waals surface area contributed by atoms with Gasteiger partial charge >= 0.3 is 0 Å². The van der Waals surface area contributed by atoms with E-state index in [0.29, 0.717) is 35.7 Å². The molecule has 7 heteroatoms. The second-order valence-electron chi connectivity index (χ2n) is 9.28. The Labute approximate surface area is 232 Å². The van der Waals surface area contributed by atoms with E-state index >= 15 is 0 Å². The van der Waals surface area contributed by atoms with Gasteiger partial charge in [0.1, 0.15) is 5.37 Å². The summed E-state index contributed by atoms with van der Waals surface area (Å²) in [7, 11) is 0. The Balaban J connectivity index is 1.23. The van der Waals surface area contributed by atoms with Crippen molar-refractivity contribution in [2.45, 2.75) is 18.3 Å². The van der Waals surface area contributed by atoms with Gasteiger partial charge in [-0.1, -0.05) is 84.9 Å². The van der Waals surface area contributed by atoms with Gasteiger partial charge < -0.3 is 15.5 Å². The molecule has 196 valence electrons. The first-order chi connectivity index (χ1) is 19.1. The first-order valence-electron chi connectivity index (χ1n) is 12.9. The first kappa shape index (κ1) is 26.3. The number of rotatable bonds is 9. The number of thioether (sulfide) groups is 1. The molecule has 0 aromatic heterocycles. The summed E-state index contributed by atoms with van der Waals surface area (Å²) in [5.41, 5.74) is 4.49. The minimum atomic E-state index is -0.305. The molecule has 5 rings (SSSR count). The fourth-order valence-corrected chi connectivity index (χ4v) is 5.74. The van der Waals surface area contributed by atoms with Crippen molar-refractivity contribution in [3.8, 4) is 0 Å². The second kappa shape index (κ2) is 12.5. The number of para-hydroxylation sites is 1. The number of hydrogen-bond donors (Lipinski definition) is 2. The number of anilines is 1. The van der Waals surface area contributed by atoms with Gasteiger partial charge in [0.25, 0.3) is 11.8 Å². The number of benzene rings is 4. The van der Waals surface area contributed by atoms with E-state index in [1.807, 2.05) is 65.6 Å². The smallest absolute Gasteiger partial charge is 0.255 e. The zero-order chi connectivity index (χ0) is 27.0. The lowest BCUT2D eigenvalue weighted by molar-refractivity contribution is -0.128. The van der Waals surface area contributed by atoms with Crippen LogP contribution in [0, 0.1) is 0 Å². The summed E-state index contributed by atoms with van der Waals surface area (Å²) >= 11 is 1.60. The molecule has 1 fully saturated rings. The Morgan fingerprint density at radius 3 is 2.13 bits per heavy atom. The molecule has 2 N–H and O–H groups in total. The van der Waals surface area contributed by atoms with Crippen LogP contribution in [0.4, 0.5) is 5.69 Å². The minimum absolute atomic E-state index is 0.0765. The predicted octanol–water partition coefficient (Wildman–Crippen LogP) is 5.69. The zero-order valence-electron chi connectivity index (χ0n) is 21.4. The van der Waals surface area contributed by atoms with Gasteiger partial charge in [0.15, 0.2) is 0 Å². The van der Waals surface area contributed by atoms with E-state index in [4.69, 9.17) is 0 Å². The van der Waals surface area contributed by atoms with Gasteiger partial charge in [-0.15, -0.1) is 11.8 Å². The third-order valence-electron chi connectivity index (χ3n) is 6.63. The van der Waals surface area contributed by atoms with Crippen molar-refractivity contribution in [2.24, 2.45) is 0 Å². The van der Waals surface area contributed by atoms with Crippen molar-refractivity contribution in [1.29, 1.82) is 0 Å². The molecule has 3 amide bonds. The number of nitrogens with zero attached hydrogens (tertiary/aromatic N) is 1. The summed E-state index contributed by atoms with van der Waals surface area (Å²) in [6.45, 7) is 1.04. The molecule has 0 saturated carbocycles. The molecule has 0 spiro atoms. The Bertz CT molecular complexity index is 1440. The van der Waals surface area contributed by atoms with Crippen LogP contribution >= 0.6 is 11.8 Å². The van der Waals surface area contributed by atoms with Crippen LogP contribution in [0.25, 0.3) is 0 Å². The van der Waals surface area contributed by atoms with Crippen molar-refractivity contribution < 1.29 is 14.4 Å². The molecule has 1 aliphatic rings. The number of amides is 3. The molecule has 0 bridgehead atoms. The van der Waals surface area contributed by atoms with E-state index in [-0.39, 0.29) is 23.1 Å². The Morgan fingerprint density at radius 2 is 1.41 bits per heavy atom. The van der Waals surface area contributed by atoms with Gasteiger partial charge in [0.05, 0.1) is 17.0 Å². The lowest BCUT2D eigenvalue weighted by Crippen LogP contribution is -2.30. The van der Waals surface area contributed by atoms with Crippen LogP contribution in [0.1, 0.15) is 42.8 Å². The van der Waals surface area contributed by atoms with Crippen molar-refractivity contribution >= 4 is 35.2 Å². The van der Waals surface area contributed by atoms with Gasteiger partial charge in [-0.25, -0.2) is 0 Å². The van der Waals surface area contributed by atoms with E-state index in [0.717, 1.165) is 17.5 Å². The van der Waals surface area contributed by atoms with E-state index in [1.54, 1.807) is 48.2 Å². The molecule has 1 saturated heterocycles. The highest BCUT2D eigenvalue weighted by atomic mass is 32.2. The minimum Gasteiger partial charge on any atom is -0.348 e. The lowest BCUT2D eigenvalue weighted by atomic mass is 10.1. The quantitative estimate of drug-likeness (QED) is 0.289. The average molecular weight is 536 g/mol. The highest BCUT2D eigenvalue weighted by Gasteiger charge is 2.32. The maximum atomic E-state index is 13.1. The third-order valence-corrected chi connectivity index (χ3v) is 7.88. The highest BCUT2D eigenvalue weighted by molar-refractivity contribution is 8.00. The Morgan fingerprint density at radius 1 is 0.769 bits per heavy atom. The summed E-state index contributed by atoms with van der Waals surface area (Å²) in [6.07, 6.45) is 0.794. The third kappa shape index (κ3) is 6.56. The molecule has 4 aromatic carbocycles. The molecule has 0 unspecified atom stereocenters. The Hall–Kier alpha value is -4.36. The lowest BCUT2D eigenvalue weighted by Gasteiger charge is -2.24. The number of carbonyl (C=O) groups is 3. The molecule has 6 nitrogen and oxygen atoms in total. The average Bonchev–Trinajstić information content (AvgIpc) is 3.36. The molecule has 1 heterocycles. The molecule has 1 atom stereocenters. The van der Waals surface area contributed by atoms with Gasteiger partial charge in [-0.05, 0) is 47.4 Å². The molecule has 0 radical (unpaired) electrons. The van der Waals surface area contributed by atoms with Crippen LogP contribution in [-0.4, -0.2) is 34.9 Å². The number of carbonyl (C=O) groups excluding carboxylic acids is 3. The normalized spacial score (nSPS) is 14.7. The van der Waals surface area contributed by atoms with Crippen LogP contribution in [0.3, 0.4) is 0 Å². The summed E-state index contributed by atoms with van der Waals surface area (Å²) in [6, 6.07) is 34.1. The standard InChI is InChI=1S/C32H29N3O3S/c36-29-22-39-32(35(29)20-19-23-9-3-1-4-10-23)26-17-15-25(16-18-26)30(37)34-28-14-8-7-13-27(28)31(38)33-21-24-11-5-2-6-12-24/h1-18,32H,19-22H2,(H,33,38)(H,34,37)/t32-/m1/s1. The van der Waals surface area contributed by atoms with Crippen LogP contribution in [0.5, 0.6) is 0 Å².